The summed E-state index contributed by atoms with van der Waals surface area (Å²) in [7, 11) is 0. The Balaban J connectivity index is 1.68. The summed E-state index contributed by atoms with van der Waals surface area (Å²) in [5, 5.41) is 11.6. The van der Waals surface area contributed by atoms with Crippen LogP contribution in [0.2, 0.25) is 0 Å². The van der Waals surface area contributed by atoms with Crippen molar-refractivity contribution in [2.45, 2.75) is 45.7 Å². The van der Waals surface area contributed by atoms with Crippen LogP contribution in [-0.4, -0.2) is 43.0 Å². The van der Waals surface area contributed by atoms with Crippen molar-refractivity contribution >= 4 is 5.78 Å². The largest absolute Gasteiger partial charge is 0.401 e. The molecule has 1 N–H and O–H groups in total. The molecule has 1 aliphatic carbocycles. The SMILES string of the molecule is CC1(C)CC(=O)C2=C(C1)NC1=C(CN=N1)C21CCN(CC(F)(F)F)CC1. The molecule has 0 aromatic heterocycles. The van der Waals surface area contributed by atoms with Crippen molar-refractivity contribution in [1.82, 2.24) is 10.2 Å². The molecule has 142 valence electrons. The van der Waals surface area contributed by atoms with Gasteiger partial charge in [0.2, 0.25) is 0 Å². The molecule has 0 atom stereocenters. The Hall–Kier alpha value is -1.70. The van der Waals surface area contributed by atoms with Gasteiger partial charge >= 0.3 is 6.18 Å². The lowest BCUT2D eigenvalue weighted by Crippen LogP contribution is -2.50. The maximum Gasteiger partial charge on any atom is 0.401 e. The minimum absolute atomic E-state index is 0.117. The third-order valence-corrected chi connectivity index (χ3v) is 6.00. The number of rotatable bonds is 1. The van der Waals surface area contributed by atoms with Crippen molar-refractivity contribution in [3.63, 3.8) is 0 Å². The number of carbonyl (C=O) groups excluding carboxylic acids is 1. The number of alkyl halides is 3. The normalized spacial score (nSPS) is 27.7. The highest BCUT2D eigenvalue weighted by atomic mass is 19.4. The molecule has 26 heavy (non-hydrogen) atoms. The van der Waals surface area contributed by atoms with Gasteiger partial charge in [-0.05, 0) is 37.8 Å². The third-order valence-electron chi connectivity index (χ3n) is 6.00. The van der Waals surface area contributed by atoms with Crippen LogP contribution in [0, 0.1) is 10.8 Å². The van der Waals surface area contributed by atoms with Crippen molar-refractivity contribution in [2.24, 2.45) is 21.1 Å². The number of fused-ring (bicyclic) bond motifs is 2. The molecule has 0 aromatic rings. The van der Waals surface area contributed by atoms with E-state index >= 15 is 0 Å². The molecule has 1 fully saturated rings. The van der Waals surface area contributed by atoms with Gasteiger partial charge in [0.05, 0.1) is 13.1 Å². The Bertz CT molecular complexity index is 740. The monoisotopic (exact) mass is 368 g/mol. The van der Waals surface area contributed by atoms with Crippen LogP contribution < -0.4 is 5.32 Å². The summed E-state index contributed by atoms with van der Waals surface area (Å²) < 4.78 is 38.3. The summed E-state index contributed by atoms with van der Waals surface area (Å²) in [5.41, 5.74) is 2.03. The van der Waals surface area contributed by atoms with Crippen molar-refractivity contribution in [3.05, 3.63) is 22.7 Å². The molecule has 4 aliphatic rings. The van der Waals surface area contributed by atoms with E-state index in [4.69, 9.17) is 0 Å². The van der Waals surface area contributed by atoms with E-state index in [-0.39, 0.29) is 11.2 Å². The van der Waals surface area contributed by atoms with Crippen LogP contribution >= 0.6 is 0 Å². The number of azo groups is 1. The molecule has 0 saturated carbocycles. The molecule has 3 aliphatic heterocycles. The lowest BCUT2D eigenvalue weighted by molar-refractivity contribution is -0.149. The van der Waals surface area contributed by atoms with Gasteiger partial charge < -0.3 is 5.32 Å². The van der Waals surface area contributed by atoms with Gasteiger partial charge in [0, 0.05) is 28.7 Å². The van der Waals surface area contributed by atoms with E-state index in [1.807, 2.05) is 0 Å². The summed E-state index contributed by atoms with van der Waals surface area (Å²) >= 11 is 0. The number of nitrogens with zero attached hydrogens (tertiary/aromatic N) is 3. The standard InChI is InChI=1S/C18H23F3N4O/c1-16(2)7-12-14(13(26)8-16)17(11-9-22-24-15(11)23-12)3-5-25(6-4-17)10-18(19,20)21/h23H,3-10H2,1-2H3. The van der Waals surface area contributed by atoms with Crippen molar-refractivity contribution in [3.8, 4) is 0 Å². The van der Waals surface area contributed by atoms with E-state index in [1.165, 1.54) is 4.90 Å². The van der Waals surface area contributed by atoms with E-state index in [1.54, 1.807) is 0 Å². The van der Waals surface area contributed by atoms with Crippen LogP contribution in [0.25, 0.3) is 0 Å². The van der Waals surface area contributed by atoms with E-state index in [2.05, 4.69) is 29.4 Å². The quantitative estimate of drug-likeness (QED) is 0.770. The van der Waals surface area contributed by atoms with E-state index < -0.39 is 18.1 Å². The second kappa shape index (κ2) is 5.65. The number of dihydropyridines is 1. The molecule has 4 rings (SSSR count). The number of halogens is 3. The van der Waals surface area contributed by atoms with E-state index in [0.29, 0.717) is 44.7 Å². The molecule has 0 aromatic carbocycles. The molecular formula is C18H23F3N4O. The summed E-state index contributed by atoms with van der Waals surface area (Å²) in [5.74, 6) is 0.824. The fraction of sp³-hybridized carbons (Fsp3) is 0.722. The van der Waals surface area contributed by atoms with Crippen molar-refractivity contribution in [1.29, 1.82) is 0 Å². The van der Waals surface area contributed by atoms with Gasteiger partial charge in [0.15, 0.2) is 11.6 Å². The van der Waals surface area contributed by atoms with Gasteiger partial charge in [-0.25, -0.2) is 0 Å². The van der Waals surface area contributed by atoms with Crippen LogP contribution in [-0.2, 0) is 4.79 Å². The van der Waals surface area contributed by atoms with Gasteiger partial charge in [-0.3, -0.25) is 9.69 Å². The number of nitrogens with one attached hydrogen (secondary N) is 1. The first-order valence-corrected chi connectivity index (χ1v) is 9.04. The van der Waals surface area contributed by atoms with Crippen LogP contribution in [0.4, 0.5) is 13.2 Å². The number of hydrogen-bond acceptors (Lipinski definition) is 5. The summed E-state index contributed by atoms with van der Waals surface area (Å²) in [6.07, 6.45) is -1.96. The van der Waals surface area contributed by atoms with Crippen molar-refractivity contribution < 1.29 is 18.0 Å². The average molecular weight is 368 g/mol. The summed E-state index contributed by atoms with van der Waals surface area (Å²) in [4.78, 5) is 14.5. The number of ketones is 1. The zero-order valence-electron chi connectivity index (χ0n) is 15.0. The minimum atomic E-state index is -4.20. The maximum atomic E-state index is 13.0. The van der Waals surface area contributed by atoms with Crippen LogP contribution in [0.15, 0.2) is 32.9 Å². The fourth-order valence-electron chi connectivity index (χ4n) is 4.97. The van der Waals surface area contributed by atoms with Gasteiger partial charge in [-0.1, -0.05) is 13.8 Å². The lowest BCUT2D eigenvalue weighted by Gasteiger charge is -2.49. The number of piperidine rings is 1. The van der Waals surface area contributed by atoms with Crippen LogP contribution in [0.3, 0.4) is 0 Å². The van der Waals surface area contributed by atoms with E-state index in [0.717, 1.165) is 23.3 Å². The number of Topliss-reactive ketones (excluding diaryl/α,β-unsaturated/α-hetero) is 1. The highest BCUT2D eigenvalue weighted by Crippen LogP contribution is 2.55. The average Bonchev–Trinajstić information content (AvgIpc) is 2.95. The molecule has 3 heterocycles. The van der Waals surface area contributed by atoms with Gasteiger partial charge in [-0.2, -0.15) is 18.3 Å². The topological polar surface area (TPSA) is 57.1 Å². The maximum absolute atomic E-state index is 13.0. The Kier molecular flexibility index (Phi) is 3.84. The van der Waals surface area contributed by atoms with Crippen LogP contribution in [0.1, 0.15) is 39.5 Å². The molecule has 0 radical (unpaired) electrons. The summed E-state index contributed by atoms with van der Waals surface area (Å²) in [6.45, 7) is 4.31. The molecule has 1 spiro atoms. The molecular weight excluding hydrogens is 345 g/mol. The number of carbonyl (C=O) groups is 1. The molecule has 1 saturated heterocycles. The number of likely N-dealkylation sites (tertiary alicyclic amines) is 1. The number of allylic oxidation sites excluding steroid dienone is 2. The molecule has 0 amide bonds. The minimum Gasteiger partial charge on any atom is -0.342 e. The Morgan fingerprint density at radius 2 is 1.88 bits per heavy atom. The summed E-state index contributed by atoms with van der Waals surface area (Å²) in [6, 6.07) is 0. The van der Waals surface area contributed by atoms with E-state index in [9.17, 15) is 18.0 Å². The highest BCUT2D eigenvalue weighted by Gasteiger charge is 2.52. The van der Waals surface area contributed by atoms with Gasteiger partial charge in [-0.15, -0.1) is 5.11 Å². The fourth-order valence-corrected chi connectivity index (χ4v) is 4.97. The second-order valence-corrected chi connectivity index (χ2v) is 8.62. The predicted molar refractivity (Wildman–Crippen MR) is 89.1 cm³/mol. The molecule has 5 nitrogen and oxygen atoms in total. The highest BCUT2D eigenvalue weighted by molar-refractivity contribution is 6.00. The third kappa shape index (κ3) is 2.88. The predicted octanol–water partition coefficient (Wildman–Crippen LogP) is 3.55. The Labute approximate surface area is 150 Å². The second-order valence-electron chi connectivity index (χ2n) is 8.62. The first-order valence-electron chi connectivity index (χ1n) is 9.04. The van der Waals surface area contributed by atoms with Gasteiger partial charge in [0.25, 0.3) is 0 Å². The molecule has 0 unspecified atom stereocenters. The lowest BCUT2D eigenvalue weighted by atomic mass is 9.60. The smallest absolute Gasteiger partial charge is 0.342 e. The Morgan fingerprint density at radius 1 is 1.19 bits per heavy atom. The molecule has 8 heteroatoms. The zero-order valence-corrected chi connectivity index (χ0v) is 15.0. The van der Waals surface area contributed by atoms with Crippen LogP contribution in [0.5, 0.6) is 0 Å². The zero-order chi connectivity index (χ0) is 18.7. The van der Waals surface area contributed by atoms with Crippen molar-refractivity contribution in [2.75, 3.05) is 26.2 Å². The Morgan fingerprint density at radius 3 is 2.54 bits per heavy atom. The first kappa shape index (κ1) is 17.7. The first-order chi connectivity index (χ1) is 12.1. The van der Waals surface area contributed by atoms with Gasteiger partial charge in [0.1, 0.15) is 0 Å². The number of hydrogen-bond donors (Lipinski definition) is 1. The molecule has 0 bridgehead atoms.